The maximum atomic E-state index is 10.9. The minimum atomic E-state index is -1.02. The van der Waals surface area contributed by atoms with E-state index in [2.05, 4.69) is 10.2 Å². The second kappa shape index (κ2) is 5.38. The maximum absolute atomic E-state index is 10.9. The summed E-state index contributed by atoms with van der Waals surface area (Å²) in [6.45, 7) is 0.222. The number of carboxylic acids is 1. The van der Waals surface area contributed by atoms with Crippen molar-refractivity contribution in [2.24, 2.45) is 7.05 Å². The van der Waals surface area contributed by atoms with Crippen molar-refractivity contribution in [2.75, 3.05) is 7.11 Å². The molecule has 0 radical (unpaired) electrons. The lowest BCUT2D eigenvalue weighted by Gasteiger charge is -2.10. The largest absolute Gasteiger partial charge is 0.493 e. The van der Waals surface area contributed by atoms with E-state index in [1.54, 1.807) is 17.0 Å². The van der Waals surface area contributed by atoms with Crippen molar-refractivity contribution in [1.29, 1.82) is 0 Å². The van der Waals surface area contributed by atoms with Gasteiger partial charge in [0.15, 0.2) is 17.3 Å². The molecule has 1 aromatic carbocycles. The molecule has 1 aromatic heterocycles. The lowest BCUT2D eigenvalue weighted by molar-refractivity contribution is 0.0696. The average Bonchev–Trinajstić information content (AvgIpc) is 2.81. The van der Waals surface area contributed by atoms with Gasteiger partial charge >= 0.3 is 5.97 Å². The molecule has 0 fully saturated rings. The molecule has 0 aliphatic carbocycles. The first kappa shape index (κ1) is 12.9. The highest BCUT2D eigenvalue weighted by atomic mass is 16.5. The normalized spacial score (nSPS) is 10.2. The van der Waals surface area contributed by atoms with Gasteiger partial charge in [-0.3, -0.25) is 0 Å². The standard InChI is InChI=1S/C12H13N3O4/c1-15-7-13-14-11(15)6-19-9-4-3-8(12(16)17)5-10(9)18-2/h3-5,7H,6H2,1-2H3,(H,16,17). The molecule has 0 bridgehead atoms. The Bertz CT molecular complexity index is 594. The number of benzene rings is 1. The van der Waals surface area contributed by atoms with Crippen molar-refractivity contribution in [2.45, 2.75) is 6.61 Å². The first-order valence-electron chi connectivity index (χ1n) is 5.49. The SMILES string of the molecule is COc1cc(C(=O)O)ccc1OCc1nncn1C. The minimum Gasteiger partial charge on any atom is -0.493 e. The number of nitrogens with zero attached hydrogens (tertiary/aromatic N) is 3. The van der Waals surface area contributed by atoms with Gasteiger partial charge in [-0.05, 0) is 18.2 Å². The van der Waals surface area contributed by atoms with Crippen LogP contribution in [0.3, 0.4) is 0 Å². The number of aryl methyl sites for hydroxylation is 1. The van der Waals surface area contributed by atoms with Gasteiger partial charge in [0.05, 0.1) is 12.7 Å². The Hall–Kier alpha value is -2.57. The van der Waals surface area contributed by atoms with Crippen LogP contribution in [0.4, 0.5) is 0 Å². The Kier molecular flexibility index (Phi) is 3.65. The first-order chi connectivity index (χ1) is 9.11. The molecule has 2 rings (SSSR count). The van der Waals surface area contributed by atoms with Crippen LogP contribution >= 0.6 is 0 Å². The Morgan fingerprint density at radius 2 is 2.21 bits per heavy atom. The van der Waals surface area contributed by atoms with Crippen molar-refractivity contribution >= 4 is 5.97 Å². The Balaban J connectivity index is 2.16. The van der Waals surface area contributed by atoms with E-state index >= 15 is 0 Å². The highest BCUT2D eigenvalue weighted by Gasteiger charge is 2.11. The number of hydrogen-bond acceptors (Lipinski definition) is 5. The second-order valence-electron chi connectivity index (χ2n) is 3.82. The number of carbonyl (C=O) groups is 1. The predicted molar refractivity (Wildman–Crippen MR) is 65.3 cm³/mol. The molecule has 0 unspecified atom stereocenters. The van der Waals surface area contributed by atoms with Gasteiger partial charge in [-0.1, -0.05) is 0 Å². The molecule has 0 amide bonds. The van der Waals surface area contributed by atoms with E-state index in [-0.39, 0.29) is 12.2 Å². The number of ether oxygens (including phenoxy) is 2. The summed E-state index contributed by atoms with van der Waals surface area (Å²) in [6.07, 6.45) is 1.57. The Labute approximate surface area is 109 Å². The smallest absolute Gasteiger partial charge is 0.335 e. The summed E-state index contributed by atoms with van der Waals surface area (Å²) < 4.78 is 12.4. The molecule has 0 aliphatic heterocycles. The lowest BCUT2D eigenvalue weighted by atomic mass is 10.2. The van der Waals surface area contributed by atoms with Crippen LogP contribution in [-0.4, -0.2) is 33.0 Å². The second-order valence-corrected chi connectivity index (χ2v) is 3.82. The zero-order chi connectivity index (χ0) is 13.8. The summed E-state index contributed by atoms with van der Waals surface area (Å²) in [5, 5.41) is 16.5. The van der Waals surface area contributed by atoms with Crippen molar-refractivity contribution in [1.82, 2.24) is 14.8 Å². The Morgan fingerprint density at radius 3 is 2.79 bits per heavy atom. The van der Waals surface area contributed by atoms with Crippen LogP contribution in [0.25, 0.3) is 0 Å². The summed E-state index contributed by atoms with van der Waals surface area (Å²) in [5.74, 6) is 0.458. The molecule has 0 saturated heterocycles. The fraction of sp³-hybridized carbons (Fsp3) is 0.250. The summed E-state index contributed by atoms with van der Waals surface area (Å²) in [4.78, 5) is 10.9. The van der Waals surface area contributed by atoms with E-state index in [0.29, 0.717) is 17.3 Å². The molecule has 100 valence electrons. The Morgan fingerprint density at radius 1 is 1.42 bits per heavy atom. The van der Waals surface area contributed by atoms with Crippen LogP contribution in [0, 0.1) is 0 Å². The van der Waals surface area contributed by atoms with E-state index in [1.165, 1.54) is 19.2 Å². The van der Waals surface area contributed by atoms with Gasteiger partial charge in [0.25, 0.3) is 0 Å². The maximum Gasteiger partial charge on any atom is 0.335 e. The van der Waals surface area contributed by atoms with E-state index in [9.17, 15) is 4.79 Å². The summed E-state index contributed by atoms with van der Waals surface area (Å²) >= 11 is 0. The minimum absolute atomic E-state index is 0.142. The van der Waals surface area contributed by atoms with Crippen LogP contribution in [0.2, 0.25) is 0 Å². The highest BCUT2D eigenvalue weighted by molar-refractivity contribution is 5.88. The molecule has 19 heavy (non-hydrogen) atoms. The van der Waals surface area contributed by atoms with E-state index < -0.39 is 5.97 Å². The van der Waals surface area contributed by atoms with Crippen LogP contribution < -0.4 is 9.47 Å². The number of carboxylic acid groups (broad SMARTS) is 1. The summed E-state index contributed by atoms with van der Waals surface area (Å²) in [5.41, 5.74) is 0.142. The quantitative estimate of drug-likeness (QED) is 0.869. The number of hydrogen-bond donors (Lipinski definition) is 1. The zero-order valence-corrected chi connectivity index (χ0v) is 10.5. The first-order valence-corrected chi connectivity index (χ1v) is 5.49. The van der Waals surface area contributed by atoms with Crippen molar-refractivity contribution in [3.63, 3.8) is 0 Å². The van der Waals surface area contributed by atoms with Crippen LogP contribution in [0.15, 0.2) is 24.5 Å². The van der Waals surface area contributed by atoms with Crippen molar-refractivity contribution in [3.05, 3.63) is 35.9 Å². The van der Waals surface area contributed by atoms with E-state index in [4.69, 9.17) is 14.6 Å². The summed E-state index contributed by atoms with van der Waals surface area (Å²) in [7, 11) is 3.26. The number of aromatic nitrogens is 3. The lowest BCUT2D eigenvalue weighted by Crippen LogP contribution is -2.05. The summed E-state index contributed by atoms with van der Waals surface area (Å²) in [6, 6.07) is 4.42. The molecular formula is C12H13N3O4. The zero-order valence-electron chi connectivity index (χ0n) is 10.5. The third kappa shape index (κ3) is 2.82. The van der Waals surface area contributed by atoms with Gasteiger partial charge in [-0.2, -0.15) is 0 Å². The van der Waals surface area contributed by atoms with Crippen LogP contribution in [-0.2, 0) is 13.7 Å². The van der Waals surface area contributed by atoms with Gasteiger partial charge in [-0.15, -0.1) is 10.2 Å². The third-order valence-corrected chi connectivity index (χ3v) is 2.57. The fourth-order valence-electron chi connectivity index (χ4n) is 1.50. The molecule has 2 aromatic rings. The molecule has 7 nitrogen and oxygen atoms in total. The molecule has 7 heteroatoms. The van der Waals surface area contributed by atoms with Gasteiger partial charge in [0, 0.05) is 7.05 Å². The molecular weight excluding hydrogens is 250 g/mol. The van der Waals surface area contributed by atoms with E-state index in [1.807, 2.05) is 7.05 Å². The van der Waals surface area contributed by atoms with E-state index in [0.717, 1.165) is 0 Å². The van der Waals surface area contributed by atoms with Gasteiger partial charge < -0.3 is 19.1 Å². The third-order valence-electron chi connectivity index (χ3n) is 2.57. The molecule has 0 spiro atoms. The molecule has 1 N–H and O–H groups in total. The number of rotatable bonds is 5. The fourth-order valence-corrected chi connectivity index (χ4v) is 1.50. The van der Waals surface area contributed by atoms with Gasteiger partial charge in [0.1, 0.15) is 12.9 Å². The van der Waals surface area contributed by atoms with Crippen molar-refractivity contribution < 1.29 is 19.4 Å². The average molecular weight is 263 g/mol. The number of aromatic carboxylic acids is 1. The topological polar surface area (TPSA) is 86.5 Å². The molecule has 0 aliphatic rings. The highest BCUT2D eigenvalue weighted by Crippen LogP contribution is 2.28. The molecule has 0 atom stereocenters. The van der Waals surface area contributed by atoms with Crippen molar-refractivity contribution in [3.8, 4) is 11.5 Å². The predicted octanol–water partition coefficient (Wildman–Crippen LogP) is 1.10. The molecule has 0 saturated carbocycles. The van der Waals surface area contributed by atoms with Gasteiger partial charge in [-0.25, -0.2) is 4.79 Å². The van der Waals surface area contributed by atoms with Crippen LogP contribution in [0.5, 0.6) is 11.5 Å². The number of methoxy groups -OCH3 is 1. The molecule has 1 heterocycles. The van der Waals surface area contributed by atoms with Gasteiger partial charge in [0.2, 0.25) is 0 Å². The monoisotopic (exact) mass is 263 g/mol. The van der Waals surface area contributed by atoms with Crippen LogP contribution in [0.1, 0.15) is 16.2 Å².